The lowest BCUT2D eigenvalue weighted by atomic mass is 10.1. The average Bonchev–Trinajstić information content (AvgIpc) is 2.83. The minimum atomic E-state index is 0.301. The lowest BCUT2D eigenvalue weighted by molar-refractivity contribution is 0.0662. The third-order valence-corrected chi connectivity index (χ3v) is 3.95. The Morgan fingerprint density at radius 3 is 2.71 bits per heavy atom. The molecule has 0 aliphatic carbocycles. The molecule has 1 atom stereocenters. The van der Waals surface area contributed by atoms with Crippen LogP contribution in [0.2, 0.25) is 0 Å². The maximum Gasteiger partial charge on any atom is 0.0671 e. The van der Waals surface area contributed by atoms with E-state index in [1.54, 1.807) is 11.3 Å². The van der Waals surface area contributed by atoms with Gasteiger partial charge in [0, 0.05) is 23.9 Å². The van der Waals surface area contributed by atoms with Crippen LogP contribution in [0.25, 0.3) is 0 Å². The van der Waals surface area contributed by atoms with E-state index < -0.39 is 0 Å². The molecule has 0 spiro atoms. The van der Waals surface area contributed by atoms with Crippen LogP contribution in [0.4, 0.5) is 0 Å². The van der Waals surface area contributed by atoms with Crippen molar-refractivity contribution in [2.45, 2.75) is 52.2 Å². The molecule has 0 fully saturated rings. The molecule has 1 N–H and O–H groups in total. The van der Waals surface area contributed by atoms with Crippen molar-refractivity contribution in [3.05, 3.63) is 22.4 Å². The van der Waals surface area contributed by atoms with Crippen LogP contribution in [-0.2, 0) is 11.2 Å². The standard InChI is InChI=1S/C14H25NOS/c1-4-13(5-2)15-11-12(3)16-9-8-14-7-6-10-17-14/h6-7,10,12-13,15H,4-5,8-9,11H2,1-3H3. The van der Waals surface area contributed by atoms with Gasteiger partial charge in [0.1, 0.15) is 0 Å². The Labute approximate surface area is 109 Å². The van der Waals surface area contributed by atoms with Crippen LogP contribution in [-0.4, -0.2) is 25.3 Å². The van der Waals surface area contributed by atoms with Crippen molar-refractivity contribution in [1.82, 2.24) is 5.32 Å². The molecule has 0 bridgehead atoms. The lowest BCUT2D eigenvalue weighted by Gasteiger charge is -2.19. The first-order chi connectivity index (χ1) is 8.26. The predicted octanol–water partition coefficient (Wildman–Crippen LogP) is 3.47. The Kier molecular flexibility index (Phi) is 7.49. The Morgan fingerprint density at radius 2 is 2.12 bits per heavy atom. The fourth-order valence-corrected chi connectivity index (χ4v) is 2.47. The summed E-state index contributed by atoms with van der Waals surface area (Å²) in [5.41, 5.74) is 0. The molecule has 0 aliphatic rings. The summed E-state index contributed by atoms with van der Waals surface area (Å²) in [6.45, 7) is 8.37. The molecule has 0 radical (unpaired) electrons. The number of hydrogen-bond acceptors (Lipinski definition) is 3. The first kappa shape index (κ1) is 14.7. The maximum absolute atomic E-state index is 5.80. The van der Waals surface area contributed by atoms with Crippen LogP contribution in [0, 0.1) is 0 Å². The summed E-state index contributed by atoms with van der Waals surface area (Å²) < 4.78 is 5.80. The molecule has 0 saturated carbocycles. The molecule has 0 aromatic carbocycles. The fourth-order valence-electron chi connectivity index (χ4n) is 1.78. The summed E-state index contributed by atoms with van der Waals surface area (Å²) in [4.78, 5) is 1.41. The molecular weight excluding hydrogens is 230 g/mol. The van der Waals surface area contributed by atoms with E-state index in [-0.39, 0.29) is 0 Å². The van der Waals surface area contributed by atoms with E-state index in [0.717, 1.165) is 19.6 Å². The summed E-state index contributed by atoms with van der Waals surface area (Å²) >= 11 is 1.80. The smallest absolute Gasteiger partial charge is 0.0671 e. The molecular formula is C14H25NOS. The molecule has 98 valence electrons. The summed E-state index contributed by atoms with van der Waals surface area (Å²) in [5, 5.41) is 5.66. The second-order valence-electron chi connectivity index (χ2n) is 4.43. The predicted molar refractivity (Wildman–Crippen MR) is 75.8 cm³/mol. The number of ether oxygens (including phenoxy) is 1. The minimum absolute atomic E-state index is 0.301. The van der Waals surface area contributed by atoms with Crippen LogP contribution in [0.5, 0.6) is 0 Å². The van der Waals surface area contributed by atoms with Crippen LogP contribution in [0.3, 0.4) is 0 Å². The highest BCUT2D eigenvalue weighted by Gasteiger charge is 2.06. The zero-order valence-electron chi connectivity index (χ0n) is 11.2. The molecule has 1 heterocycles. The SMILES string of the molecule is CCC(CC)NCC(C)OCCc1cccs1. The highest BCUT2D eigenvalue weighted by atomic mass is 32.1. The highest BCUT2D eigenvalue weighted by Crippen LogP contribution is 2.09. The number of thiophene rings is 1. The summed E-state index contributed by atoms with van der Waals surface area (Å²) in [7, 11) is 0. The Balaban J connectivity index is 2.06. The Hall–Kier alpha value is -0.380. The van der Waals surface area contributed by atoms with Gasteiger partial charge in [-0.05, 0) is 31.2 Å². The summed E-state index contributed by atoms with van der Waals surface area (Å²) in [5.74, 6) is 0. The first-order valence-electron chi connectivity index (χ1n) is 6.63. The van der Waals surface area contributed by atoms with Gasteiger partial charge >= 0.3 is 0 Å². The monoisotopic (exact) mass is 255 g/mol. The van der Waals surface area contributed by atoms with Crippen molar-refractivity contribution in [1.29, 1.82) is 0 Å². The molecule has 1 rings (SSSR count). The van der Waals surface area contributed by atoms with Crippen molar-refractivity contribution in [2.24, 2.45) is 0 Å². The molecule has 3 heteroatoms. The second-order valence-corrected chi connectivity index (χ2v) is 5.46. The van der Waals surface area contributed by atoms with Crippen molar-refractivity contribution in [3.8, 4) is 0 Å². The molecule has 1 unspecified atom stereocenters. The van der Waals surface area contributed by atoms with E-state index in [1.807, 2.05) is 0 Å². The maximum atomic E-state index is 5.80. The van der Waals surface area contributed by atoms with Crippen molar-refractivity contribution < 1.29 is 4.74 Å². The van der Waals surface area contributed by atoms with Gasteiger partial charge in [0.25, 0.3) is 0 Å². The van der Waals surface area contributed by atoms with Crippen molar-refractivity contribution in [3.63, 3.8) is 0 Å². The number of hydrogen-bond donors (Lipinski definition) is 1. The van der Waals surface area contributed by atoms with Crippen molar-refractivity contribution in [2.75, 3.05) is 13.2 Å². The van der Waals surface area contributed by atoms with Crippen LogP contribution >= 0.6 is 11.3 Å². The molecule has 17 heavy (non-hydrogen) atoms. The van der Waals surface area contributed by atoms with E-state index in [0.29, 0.717) is 12.1 Å². The number of nitrogens with one attached hydrogen (secondary N) is 1. The third kappa shape index (κ3) is 6.20. The zero-order chi connectivity index (χ0) is 12.5. The van der Waals surface area contributed by atoms with Gasteiger partial charge in [-0.25, -0.2) is 0 Å². The average molecular weight is 255 g/mol. The molecule has 0 amide bonds. The number of rotatable bonds is 9. The highest BCUT2D eigenvalue weighted by molar-refractivity contribution is 7.09. The second kappa shape index (κ2) is 8.67. The summed E-state index contributed by atoms with van der Waals surface area (Å²) in [6.07, 6.45) is 3.72. The molecule has 2 nitrogen and oxygen atoms in total. The minimum Gasteiger partial charge on any atom is -0.377 e. The van der Waals surface area contributed by atoms with E-state index in [9.17, 15) is 0 Å². The molecule has 1 aromatic rings. The van der Waals surface area contributed by atoms with Crippen LogP contribution in [0.15, 0.2) is 17.5 Å². The van der Waals surface area contributed by atoms with Gasteiger partial charge in [-0.1, -0.05) is 19.9 Å². The van der Waals surface area contributed by atoms with Gasteiger partial charge in [-0.15, -0.1) is 11.3 Å². The molecule has 0 aliphatic heterocycles. The van der Waals surface area contributed by atoms with E-state index in [4.69, 9.17) is 4.74 Å². The fraction of sp³-hybridized carbons (Fsp3) is 0.714. The van der Waals surface area contributed by atoms with Crippen LogP contribution < -0.4 is 5.32 Å². The van der Waals surface area contributed by atoms with E-state index in [1.165, 1.54) is 17.7 Å². The third-order valence-electron chi connectivity index (χ3n) is 3.01. The van der Waals surface area contributed by atoms with Gasteiger partial charge in [0.15, 0.2) is 0 Å². The van der Waals surface area contributed by atoms with Crippen LogP contribution in [0.1, 0.15) is 38.5 Å². The largest absolute Gasteiger partial charge is 0.377 e. The van der Waals surface area contributed by atoms with Gasteiger partial charge in [0.05, 0.1) is 12.7 Å². The quantitative estimate of drug-likeness (QED) is 0.729. The van der Waals surface area contributed by atoms with Gasteiger partial charge in [-0.3, -0.25) is 0 Å². The topological polar surface area (TPSA) is 21.3 Å². The van der Waals surface area contributed by atoms with E-state index in [2.05, 4.69) is 43.6 Å². The lowest BCUT2D eigenvalue weighted by Crippen LogP contribution is -2.35. The van der Waals surface area contributed by atoms with Gasteiger partial charge in [-0.2, -0.15) is 0 Å². The molecule has 1 aromatic heterocycles. The van der Waals surface area contributed by atoms with Gasteiger partial charge < -0.3 is 10.1 Å². The first-order valence-corrected chi connectivity index (χ1v) is 7.51. The van der Waals surface area contributed by atoms with Gasteiger partial charge in [0.2, 0.25) is 0 Å². The molecule has 0 saturated heterocycles. The normalized spacial score (nSPS) is 13.2. The Bertz CT molecular complexity index is 270. The Morgan fingerprint density at radius 1 is 1.35 bits per heavy atom. The van der Waals surface area contributed by atoms with Crippen molar-refractivity contribution >= 4 is 11.3 Å². The zero-order valence-corrected chi connectivity index (χ0v) is 12.1. The van der Waals surface area contributed by atoms with E-state index >= 15 is 0 Å². The summed E-state index contributed by atoms with van der Waals surface area (Å²) in [6, 6.07) is 4.90.